The second-order valence-corrected chi connectivity index (χ2v) is 5.95. The average molecular weight is 218 g/mol. The van der Waals surface area contributed by atoms with Crippen LogP contribution in [0, 0.1) is 0 Å². The maximum atomic E-state index is 11.3. The molecule has 14 heavy (non-hydrogen) atoms. The van der Waals surface area contributed by atoms with E-state index in [1.807, 2.05) is 6.92 Å². The molecule has 1 fully saturated rings. The third-order valence-corrected chi connectivity index (χ3v) is 4.10. The van der Waals surface area contributed by atoms with Crippen LogP contribution in [0.3, 0.4) is 0 Å². The summed E-state index contributed by atoms with van der Waals surface area (Å²) < 4.78 is 11.3. The normalized spacial score (nSPS) is 31.6. The number of piperazine rings is 1. The Labute approximate surface area is 89.7 Å². The summed E-state index contributed by atoms with van der Waals surface area (Å²) in [5, 5.41) is 3.45. The first-order valence-corrected chi connectivity index (χ1v) is 6.94. The van der Waals surface area contributed by atoms with Gasteiger partial charge in [-0.25, -0.2) is 0 Å². The molecule has 1 heterocycles. The van der Waals surface area contributed by atoms with Gasteiger partial charge in [0.15, 0.2) is 0 Å². The molecule has 0 radical (unpaired) electrons. The van der Waals surface area contributed by atoms with Gasteiger partial charge in [-0.05, 0) is 13.8 Å². The summed E-state index contributed by atoms with van der Waals surface area (Å²) in [5.41, 5.74) is 0. The molecule has 1 rings (SSSR count). The molecule has 3 nitrogen and oxygen atoms in total. The minimum atomic E-state index is -0.617. The van der Waals surface area contributed by atoms with Crippen molar-refractivity contribution in [2.24, 2.45) is 0 Å². The summed E-state index contributed by atoms with van der Waals surface area (Å²) in [6.07, 6.45) is 0. The molecule has 1 N–H and O–H groups in total. The lowest BCUT2D eigenvalue weighted by atomic mass is 10.1. The third kappa shape index (κ3) is 3.67. The van der Waals surface area contributed by atoms with Gasteiger partial charge in [-0.15, -0.1) is 0 Å². The first-order valence-electron chi connectivity index (χ1n) is 5.46. The van der Waals surface area contributed by atoms with Crippen LogP contribution in [-0.2, 0) is 10.8 Å². The van der Waals surface area contributed by atoms with Crippen molar-refractivity contribution in [1.82, 2.24) is 10.2 Å². The van der Waals surface area contributed by atoms with Gasteiger partial charge < -0.3 is 5.32 Å². The van der Waals surface area contributed by atoms with Crippen LogP contribution >= 0.6 is 0 Å². The predicted molar refractivity (Wildman–Crippen MR) is 62.1 cm³/mol. The van der Waals surface area contributed by atoms with Crippen molar-refractivity contribution in [2.45, 2.75) is 32.9 Å². The molecule has 1 aliphatic rings. The van der Waals surface area contributed by atoms with Gasteiger partial charge in [-0.3, -0.25) is 9.11 Å². The number of rotatable bonds is 4. The van der Waals surface area contributed by atoms with Crippen molar-refractivity contribution in [3.63, 3.8) is 0 Å². The van der Waals surface area contributed by atoms with Crippen LogP contribution in [0.5, 0.6) is 0 Å². The van der Waals surface area contributed by atoms with Crippen LogP contribution in [-0.4, -0.2) is 52.3 Å². The zero-order valence-corrected chi connectivity index (χ0v) is 10.3. The molecule has 0 aromatic heterocycles. The van der Waals surface area contributed by atoms with Crippen LogP contribution in [0.4, 0.5) is 0 Å². The van der Waals surface area contributed by atoms with Gasteiger partial charge in [0.05, 0.1) is 0 Å². The molecule has 3 atom stereocenters. The molecule has 1 saturated heterocycles. The summed E-state index contributed by atoms with van der Waals surface area (Å²) in [6, 6.07) is 1.15. The van der Waals surface area contributed by atoms with Gasteiger partial charge in [0.2, 0.25) is 0 Å². The third-order valence-electron chi connectivity index (χ3n) is 2.82. The van der Waals surface area contributed by atoms with Crippen molar-refractivity contribution in [3.05, 3.63) is 0 Å². The van der Waals surface area contributed by atoms with Gasteiger partial charge >= 0.3 is 0 Å². The van der Waals surface area contributed by atoms with E-state index in [0.29, 0.717) is 12.1 Å². The maximum Gasteiger partial charge on any atom is 0.0362 e. The predicted octanol–water partition coefficient (Wildman–Crippen LogP) is 0.437. The highest BCUT2D eigenvalue weighted by Crippen LogP contribution is 2.05. The van der Waals surface area contributed by atoms with Crippen molar-refractivity contribution in [2.75, 3.05) is 31.1 Å². The van der Waals surface area contributed by atoms with E-state index < -0.39 is 10.8 Å². The second kappa shape index (κ2) is 5.83. The molecule has 0 bridgehead atoms. The van der Waals surface area contributed by atoms with E-state index in [-0.39, 0.29) is 0 Å². The lowest BCUT2D eigenvalue weighted by Crippen LogP contribution is -2.55. The summed E-state index contributed by atoms with van der Waals surface area (Å²) in [6.45, 7) is 9.54. The second-order valence-electron chi connectivity index (χ2n) is 4.09. The fourth-order valence-corrected chi connectivity index (χ4v) is 2.50. The van der Waals surface area contributed by atoms with Crippen LogP contribution in [0.25, 0.3) is 0 Å². The van der Waals surface area contributed by atoms with Gasteiger partial charge in [0, 0.05) is 54.0 Å². The first kappa shape index (κ1) is 12.1. The van der Waals surface area contributed by atoms with E-state index in [9.17, 15) is 4.21 Å². The number of hydrogen-bond acceptors (Lipinski definition) is 3. The molecule has 0 aliphatic carbocycles. The van der Waals surface area contributed by atoms with Crippen LogP contribution < -0.4 is 5.32 Å². The Morgan fingerprint density at radius 3 is 2.86 bits per heavy atom. The smallest absolute Gasteiger partial charge is 0.0362 e. The van der Waals surface area contributed by atoms with Crippen LogP contribution in [0.1, 0.15) is 20.8 Å². The maximum absolute atomic E-state index is 11.3. The Kier molecular flexibility index (Phi) is 5.06. The largest absolute Gasteiger partial charge is 0.311 e. The summed E-state index contributed by atoms with van der Waals surface area (Å²) in [5.74, 6) is 1.61. The Balaban J connectivity index is 2.30. The lowest BCUT2D eigenvalue weighted by Gasteiger charge is -2.37. The lowest BCUT2D eigenvalue weighted by molar-refractivity contribution is 0.155. The van der Waals surface area contributed by atoms with Crippen molar-refractivity contribution >= 4 is 10.8 Å². The minimum Gasteiger partial charge on any atom is -0.311 e. The molecule has 0 aromatic carbocycles. The van der Waals surface area contributed by atoms with Crippen molar-refractivity contribution in [1.29, 1.82) is 0 Å². The zero-order valence-electron chi connectivity index (χ0n) is 9.45. The van der Waals surface area contributed by atoms with Gasteiger partial charge in [0.1, 0.15) is 0 Å². The Morgan fingerprint density at radius 1 is 1.50 bits per heavy atom. The average Bonchev–Trinajstić information content (AvgIpc) is 2.19. The van der Waals surface area contributed by atoms with Gasteiger partial charge in [0.25, 0.3) is 0 Å². The minimum absolute atomic E-state index is 0.571. The quantitative estimate of drug-likeness (QED) is 0.743. The van der Waals surface area contributed by atoms with Crippen LogP contribution in [0.2, 0.25) is 0 Å². The van der Waals surface area contributed by atoms with E-state index in [1.165, 1.54) is 0 Å². The summed E-state index contributed by atoms with van der Waals surface area (Å²) in [4.78, 5) is 2.44. The van der Waals surface area contributed by atoms with E-state index in [4.69, 9.17) is 0 Å². The molecule has 0 aromatic rings. The van der Waals surface area contributed by atoms with Gasteiger partial charge in [-0.2, -0.15) is 0 Å². The summed E-state index contributed by atoms with van der Waals surface area (Å²) >= 11 is 0. The highest BCUT2D eigenvalue weighted by Gasteiger charge is 2.21. The topological polar surface area (TPSA) is 32.3 Å². The monoisotopic (exact) mass is 218 g/mol. The molecule has 1 aliphatic heterocycles. The van der Waals surface area contributed by atoms with E-state index in [2.05, 4.69) is 24.1 Å². The fraction of sp³-hybridized carbons (Fsp3) is 1.00. The van der Waals surface area contributed by atoms with E-state index >= 15 is 0 Å². The molecule has 3 unspecified atom stereocenters. The van der Waals surface area contributed by atoms with Crippen molar-refractivity contribution in [3.8, 4) is 0 Å². The molecule has 0 saturated carbocycles. The number of nitrogens with one attached hydrogen (secondary N) is 1. The molecule has 84 valence electrons. The standard InChI is InChI=1S/C10H22N2OS/c1-4-14(13)6-5-12-8-9(2)11-7-10(12)3/h9-11H,4-8H2,1-3H3. The highest BCUT2D eigenvalue weighted by atomic mass is 32.2. The first-order chi connectivity index (χ1) is 6.63. The Bertz CT molecular complexity index is 199. The molecule has 0 amide bonds. The number of nitrogens with zero attached hydrogens (tertiary/aromatic N) is 1. The Morgan fingerprint density at radius 2 is 2.21 bits per heavy atom. The molecule has 0 spiro atoms. The summed E-state index contributed by atoms with van der Waals surface area (Å²) in [7, 11) is -0.617. The fourth-order valence-electron chi connectivity index (χ4n) is 1.77. The number of hydrogen-bond donors (Lipinski definition) is 1. The molecular formula is C10H22N2OS. The molecular weight excluding hydrogens is 196 g/mol. The molecule has 4 heteroatoms. The SMILES string of the molecule is CCS(=O)CCN1CC(C)NCC1C. The zero-order chi connectivity index (χ0) is 10.6. The van der Waals surface area contributed by atoms with E-state index in [1.54, 1.807) is 0 Å². The van der Waals surface area contributed by atoms with Gasteiger partial charge in [-0.1, -0.05) is 6.92 Å². The van der Waals surface area contributed by atoms with Crippen LogP contribution in [0.15, 0.2) is 0 Å². The van der Waals surface area contributed by atoms with Crippen molar-refractivity contribution < 1.29 is 4.21 Å². The Hall–Kier alpha value is 0.0700. The van der Waals surface area contributed by atoms with E-state index in [0.717, 1.165) is 31.1 Å². The highest BCUT2D eigenvalue weighted by molar-refractivity contribution is 7.84.